The van der Waals surface area contributed by atoms with E-state index in [9.17, 15) is 10.2 Å². The molecule has 0 bridgehead atoms. The number of alkyl halides is 1. The SMILES string of the molecule is Oc1cnc(C(O)C(O)CCBr)nc1. The second-order valence-corrected chi connectivity index (χ2v) is 3.58. The Morgan fingerprint density at radius 3 is 2.36 bits per heavy atom. The monoisotopic (exact) mass is 262 g/mol. The van der Waals surface area contributed by atoms with Crippen molar-refractivity contribution < 1.29 is 15.3 Å². The summed E-state index contributed by atoms with van der Waals surface area (Å²) in [6.45, 7) is 0. The maximum absolute atomic E-state index is 9.53. The van der Waals surface area contributed by atoms with E-state index in [1.807, 2.05) is 0 Å². The summed E-state index contributed by atoms with van der Waals surface area (Å²) < 4.78 is 0. The fraction of sp³-hybridized carbons (Fsp3) is 0.500. The first-order chi connectivity index (χ1) is 6.65. The van der Waals surface area contributed by atoms with Crippen LogP contribution >= 0.6 is 15.9 Å². The minimum atomic E-state index is -1.12. The van der Waals surface area contributed by atoms with Crippen LogP contribution in [0.15, 0.2) is 12.4 Å². The quantitative estimate of drug-likeness (QED) is 0.683. The maximum atomic E-state index is 9.53. The standard InChI is InChI=1S/C8H11BrN2O3/c9-2-1-6(13)7(14)8-10-3-5(12)4-11-8/h3-4,6-7,12-14H,1-2H2. The Hall–Kier alpha value is -0.720. The minimum Gasteiger partial charge on any atom is -0.505 e. The van der Waals surface area contributed by atoms with Gasteiger partial charge in [-0.1, -0.05) is 15.9 Å². The van der Waals surface area contributed by atoms with Gasteiger partial charge < -0.3 is 15.3 Å². The van der Waals surface area contributed by atoms with E-state index < -0.39 is 12.2 Å². The molecule has 2 unspecified atom stereocenters. The summed E-state index contributed by atoms with van der Waals surface area (Å²) in [6.07, 6.45) is 0.733. The molecule has 6 heteroatoms. The summed E-state index contributed by atoms with van der Waals surface area (Å²) in [4.78, 5) is 7.39. The molecule has 0 spiro atoms. The molecule has 1 heterocycles. The molecule has 0 aliphatic carbocycles. The first kappa shape index (κ1) is 11.4. The molecule has 0 aromatic carbocycles. The molecule has 0 amide bonds. The molecule has 0 saturated carbocycles. The van der Waals surface area contributed by atoms with E-state index in [2.05, 4.69) is 25.9 Å². The van der Waals surface area contributed by atoms with Crippen molar-refractivity contribution in [3.63, 3.8) is 0 Å². The highest BCUT2D eigenvalue weighted by Crippen LogP contribution is 2.16. The van der Waals surface area contributed by atoms with E-state index in [1.54, 1.807) is 0 Å². The van der Waals surface area contributed by atoms with E-state index in [4.69, 9.17) is 5.11 Å². The number of aliphatic hydroxyl groups is 2. The van der Waals surface area contributed by atoms with Gasteiger partial charge in [-0.2, -0.15) is 0 Å². The number of aromatic nitrogens is 2. The van der Waals surface area contributed by atoms with Crippen LogP contribution in [0.25, 0.3) is 0 Å². The third-order valence-electron chi connectivity index (χ3n) is 1.69. The average Bonchev–Trinajstić information content (AvgIpc) is 2.18. The number of rotatable bonds is 4. The lowest BCUT2D eigenvalue weighted by Gasteiger charge is -2.14. The molecule has 1 aromatic rings. The van der Waals surface area contributed by atoms with Crippen molar-refractivity contribution in [2.24, 2.45) is 0 Å². The molecular formula is C8H11BrN2O3. The van der Waals surface area contributed by atoms with Gasteiger partial charge in [-0.05, 0) is 6.42 Å². The zero-order valence-electron chi connectivity index (χ0n) is 7.34. The van der Waals surface area contributed by atoms with Gasteiger partial charge in [0.25, 0.3) is 0 Å². The summed E-state index contributed by atoms with van der Waals surface area (Å²) in [5.74, 6) is 0.0344. The van der Waals surface area contributed by atoms with Gasteiger partial charge in [-0.3, -0.25) is 0 Å². The van der Waals surface area contributed by atoms with Crippen LogP contribution in [-0.2, 0) is 0 Å². The third kappa shape index (κ3) is 2.90. The molecule has 5 nitrogen and oxygen atoms in total. The molecule has 1 aromatic heterocycles. The molecule has 78 valence electrons. The third-order valence-corrected chi connectivity index (χ3v) is 2.15. The fourth-order valence-corrected chi connectivity index (χ4v) is 1.39. The topological polar surface area (TPSA) is 86.5 Å². The second-order valence-electron chi connectivity index (χ2n) is 2.79. The van der Waals surface area contributed by atoms with Crippen molar-refractivity contribution in [1.82, 2.24) is 9.97 Å². The molecule has 0 fully saturated rings. The predicted octanol–water partition coefficient (Wildman–Crippen LogP) is 0.362. The van der Waals surface area contributed by atoms with Crippen molar-refractivity contribution in [3.05, 3.63) is 18.2 Å². The zero-order chi connectivity index (χ0) is 10.6. The van der Waals surface area contributed by atoms with Crippen molar-refractivity contribution >= 4 is 15.9 Å². The lowest BCUT2D eigenvalue weighted by molar-refractivity contribution is 0.0119. The highest BCUT2D eigenvalue weighted by Gasteiger charge is 2.19. The lowest BCUT2D eigenvalue weighted by Crippen LogP contribution is -2.20. The highest BCUT2D eigenvalue weighted by atomic mass is 79.9. The molecule has 0 aliphatic heterocycles. The van der Waals surface area contributed by atoms with Gasteiger partial charge in [0.05, 0.1) is 18.5 Å². The van der Waals surface area contributed by atoms with E-state index in [-0.39, 0.29) is 11.6 Å². The molecule has 14 heavy (non-hydrogen) atoms. The van der Waals surface area contributed by atoms with Crippen molar-refractivity contribution in [2.45, 2.75) is 18.6 Å². The van der Waals surface area contributed by atoms with Gasteiger partial charge in [-0.25, -0.2) is 9.97 Å². The number of hydrogen-bond acceptors (Lipinski definition) is 5. The first-order valence-electron chi connectivity index (χ1n) is 4.08. The van der Waals surface area contributed by atoms with E-state index in [0.29, 0.717) is 11.8 Å². The largest absolute Gasteiger partial charge is 0.505 e. The zero-order valence-corrected chi connectivity index (χ0v) is 8.92. The normalized spacial score (nSPS) is 15.1. The summed E-state index contributed by atoms with van der Waals surface area (Å²) in [5.41, 5.74) is 0. The molecule has 0 saturated heterocycles. The first-order valence-corrected chi connectivity index (χ1v) is 5.20. The van der Waals surface area contributed by atoms with Crippen LogP contribution in [0.3, 0.4) is 0 Å². The summed E-state index contributed by atoms with van der Waals surface area (Å²) in [7, 11) is 0. The molecule has 3 N–H and O–H groups in total. The van der Waals surface area contributed by atoms with Gasteiger partial charge >= 0.3 is 0 Å². The van der Waals surface area contributed by atoms with Gasteiger partial charge in [0, 0.05) is 5.33 Å². The number of nitrogens with zero attached hydrogens (tertiary/aromatic N) is 2. The summed E-state index contributed by atoms with van der Waals surface area (Å²) in [5, 5.41) is 28.4. The molecule has 0 aliphatic rings. The van der Waals surface area contributed by atoms with Crippen LogP contribution < -0.4 is 0 Å². The molecule has 2 atom stereocenters. The Labute approximate surface area is 89.6 Å². The van der Waals surface area contributed by atoms with Crippen LogP contribution in [0.4, 0.5) is 0 Å². The van der Waals surface area contributed by atoms with Gasteiger partial charge in [0.1, 0.15) is 6.10 Å². The van der Waals surface area contributed by atoms with E-state index in [0.717, 1.165) is 0 Å². The Balaban J connectivity index is 2.68. The predicted molar refractivity (Wildman–Crippen MR) is 53.1 cm³/mol. The second kappa shape index (κ2) is 5.23. The van der Waals surface area contributed by atoms with Crippen LogP contribution in [0.2, 0.25) is 0 Å². The maximum Gasteiger partial charge on any atom is 0.159 e. The van der Waals surface area contributed by atoms with E-state index in [1.165, 1.54) is 12.4 Å². The Kier molecular flexibility index (Phi) is 4.24. The number of aliphatic hydroxyl groups excluding tert-OH is 2. The number of halogens is 1. The van der Waals surface area contributed by atoms with Gasteiger partial charge in [-0.15, -0.1) is 0 Å². The molecule has 1 rings (SSSR count). The molecule has 0 radical (unpaired) electrons. The summed E-state index contributed by atoms with van der Waals surface area (Å²) in [6, 6.07) is 0. The number of aromatic hydroxyl groups is 1. The van der Waals surface area contributed by atoms with Crippen molar-refractivity contribution in [2.75, 3.05) is 5.33 Å². The fourth-order valence-electron chi connectivity index (χ4n) is 0.926. The van der Waals surface area contributed by atoms with Crippen LogP contribution in [0.1, 0.15) is 18.3 Å². The summed E-state index contributed by atoms with van der Waals surface area (Å²) >= 11 is 3.15. The van der Waals surface area contributed by atoms with Gasteiger partial charge in [0.15, 0.2) is 11.6 Å². The van der Waals surface area contributed by atoms with Crippen LogP contribution in [-0.4, -0.2) is 36.7 Å². The molecular weight excluding hydrogens is 252 g/mol. The van der Waals surface area contributed by atoms with E-state index >= 15 is 0 Å². The van der Waals surface area contributed by atoms with Crippen LogP contribution in [0.5, 0.6) is 5.75 Å². The average molecular weight is 263 g/mol. The Morgan fingerprint density at radius 2 is 1.86 bits per heavy atom. The van der Waals surface area contributed by atoms with Gasteiger partial charge in [0.2, 0.25) is 0 Å². The lowest BCUT2D eigenvalue weighted by atomic mass is 10.1. The van der Waals surface area contributed by atoms with Crippen LogP contribution in [0, 0.1) is 0 Å². The number of hydrogen-bond donors (Lipinski definition) is 3. The minimum absolute atomic E-state index is 0.0732. The van der Waals surface area contributed by atoms with Crippen molar-refractivity contribution in [1.29, 1.82) is 0 Å². The van der Waals surface area contributed by atoms with Crippen molar-refractivity contribution in [3.8, 4) is 5.75 Å². The Morgan fingerprint density at radius 1 is 1.29 bits per heavy atom. The Bertz CT molecular complexity index is 280. The highest BCUT2D eigenvalue weighted by molar-refractivity contribution is 9.09. The smallest absolute Gasteiger partial charge is 0.159 e.